The number of carbonyl (C=O) groups is 4. The van der Waals surface area contributed by atoms with E-state index in [1.807, 2.05) is 6.92 Å². The molecule has 1 aromatic carbocycles. The summed E-state index contributed by atoms with van der Waals surface area (Å²) in [7, 11) is -4.07. The van der Waals surface area contributed by atoms with E-state index in [1.54, 1.807) is 58.9 Å². The molecule has 0 fully saturated rings. The van der Waals surface area contributed by atoms with E-state index in [0.29, 0.717) is 10.7 Å². The van der Waals surface area contributed by atoms with Crippen LogP contribution in [0.3, 0.4) is 0 Å². The van der Waals surface area contributed by atoms with Crippen molar-refractivity contribution >= 4 is 44.8 Å². The van der Waals surface area contributed by atoms with Gasteiger partial charge in [0.25, 0.3) is 15.9 Å². The standard InChI is InChI=1S/C26H41N5O9S/c1-7-38-22(33)17-21(32)31(29-25(35)40-26(4,5)6)20(23(34)39-8-2)11-9-10-16-28-24(27)41(36,37)30-19-14-12-18(3)13-15-19/h12-15,20,30H,7-11,16-17H2,1-6H3,(H2,27,28)(H,29,35)/t20-/m0/s1. The molecule has 4 N–H and O–H groups in total. The van der Waals surface area contributed by atoms with Gasteiger partial charge in [-0.3, -0.25) is 19.3 Å². The van der Waals surface area contributed by atoms with E-state index in [2.05, 4.69) is 15.1 Å². The number of nitrogens with one attached hydrogen (secondary N) is 2. The number of hydrazine groups is 1. The first-order chi connectivity index (χ1) is 19.1. The Labute approximate surface area is 241 Å². The number of esters is 2. The number of nitrogens with zero attached hydrogens (tertiary/aromatic N) is 2. The minimum atomic E-state index is -4.07. The minimum absolute atomic E-state index is 0.00561. The molecule has 0 bridgehead atoms. The Morgan fingerprint density at radius 1 is 1.02 bits per heavy atom. The maximum Gasteiger partial charge on any atom is 0.426 e. The van der Waals surface area contributed by atoms with Crippen LogP contribution in [-0.4, -0.2) is 73.9 Å². The number of amides is 2. The number of hydrogen-bond donors (Lipinski definition) is 3. The van der Waals surface area contributed by atoms with Crippen LogP contribution in [0.15, 0.2) is 29.3 Å². The fourth-order valence-electron chi connectivity index (χ4n) is 3.28. The average molecular weight is 600 g/mol. The third-order valence-electron chi connectivity index (χ3n) is 5.08. The first-order valence-electron chi connectivity index (χ1n) is 13.1. The molecule has 14 nitrogen and oxygen atoms in total. The molecule has 41 heavy (non-hydrogen) atoms. The number of rotatable bonds is 13. The molecule has 0 unspecified atom stereocenters. The van der Waals surface area contributed by atoms with Gasteiger partial charge >= 0.3 is 18.0 Å². The molecule has 15 heteroatoms. The molecular weight excluding hydrogens is 558 g/mol. The number of sulfonamides is 1. The monoisotopic (exact) mass is 599 g/mol. The van der Waals surface area contributed by atoms with Crippen molar-refractivity contribution in [2.75, 3.05) is 24.5 Å². The van der Waals surface area contributed by atoms with Crippen LogP contribution in [-0.2, 0) is 38.6 Å². The van der Waals surface area contributed by atoms with Crippen LogP contribution in [0.4, 0.5) is 10.5 Å². The number of aliphatic imine (C=N–C) groups is 1. The molecule has 2 amide bonds. The van der Waals surface area contributed by atoms with Crippen LogP contribution in [0.25, 0.3) is 0 Å². The molecule has 1 aromatic rings. The summed E-state index contributed by atoms with van der Waals surface area (Å²) >= 11 is 0. The van der Waals surface area contributed by atoms with Crippen molar-refractivity contribution < 1.29 is 41.8 Å². The Hall–Kier alpha value is -3.88. The van der Waals surface area contributed by atoms with Crippen molar-refractivity contribution in [2.45, 2.75) is 78.9 Å². The van der Waals surface area contributed by atoms with Crippen molar-refractivity contribution in [3.8, 4) is 0 Å². The summed E-state index contributed by atoms with van der Waals surface area (Å²) in [4.78, 5) is 54.1. The minimum Gasteiger partial charge on any atom is -0.466 e. The molecule has 0 aromatic heterocycles. The van der Waals surface area contributed by atoms with E-state index in [-0.39, 0.29) is 39.0 Å². The van der Waals surface area contributed by atoms with Crippen molar-refractivity contribution in [3.63, 3.8) is 0 Å². The molecule has 0 saturated heterocycles. The van der Waals surface area contributed by atoms with Gasteiger partial charge < -0.3 is 19.9 Å². The summed E-state index contributed by atoms with van der Waals surface area (Å²) in [6, 6.07) is 5.34. The summed E-state index contributed by atoms with van der Waals surface area (Å²) in [5.74, 6) is -2.59. The molecule has 0 aliphatic rings. The van der Waals surface area contributed by atoms with Crippen LogP contribution in [0.1, 0.15) is 65.9 Å². The Morgan fingerprint density at radius 3 is 2.20 bits per heavy atom. The molecule has 1 atom stereocenters. The number of ether oxygens (including phenoxy) is 3. The SMILES string of the molecule is CCOC(=O)CC(=O)N(NC(=O)OC(C)(C)C)[C@@H](CCCCN=C(N)S(=O)(=O)Nc1ccc(C)cc1)C(=O)OCC. The van der Waals surface area contributed by atoms with Crippen LogP contribution in [0.2, 0.25) is 0 Å². The number of nitrogens with two attached hydrogens (primary N) is 1. The number of hydrogen-bond acceptors (Lipinski definition) is 10. The fourth-order valence-corrected chi connectivity index (χ4v) is 4.09. The molecule has 230 valence electrons. The molecule has 0 aliphatic carbocycles. The maximum absolute atomic E-state index is 13.0. The van der Waals surface area contributed by atoms with Crippen LogP contribution < -0.4 is 15.9 Å². The topological polar surface area (TPSA) is 196 Å². The molecule has 1 rings (SSSR count). The van der Waals surface area contributed by atoms with Gasteiger partial charge in [0, 0.05) is 12.2 Å². The van der Waals surface area contributed by atoms with E-state index in [0.717, 1.165) is 5.56 Å². The number of carbonyl (C=O) groups excluding carboxylic acids is 4. The second-order valence-electron chi connectivity index (χ2n) is 9.81. The lowest BCUT2D eigenvalue weighted by atomic mass is 10.1. The number of anilines is 1. The summed E-state index contributed by atoms with van der Waals surface area (Å²) in [6.07, 6.45) is -1.28. The molecule has 0 heterocycles. The third-order valence-corrected chi connectivity index (χ3v) is 6.27. The molecule has 0 aliphatic heterocycles. The van der Waals surface area contributed by atoms with Gasteiger partial charge in [-0.1, -0.05) is 17.7 Å². The zero-order valence-electron chi connectivity index (χ0n) is 24.4. The van der Waals surface area contributed by atoms with E-state index < -0.39 is 57.2 Å². The lowest BCUT2D eigenvalue weighted by Crippen LogP contribution is -2.56. The van der Waals surface area contributed by atoms with Gasteiger partial charge in [-0.25, -0.2) is 20.0 Å². The quantitative estimate of drug-likeness (QED) is 0.0576. The second kappa shape index (κ2) is 16.4. The highest BCUT2D eigenvalue weighted by Gasteiger charge is 2.34. The molecular formula is C26H41N5O9S. The highest BCUT2D eigenvalue weighted by molar-refractivity contribution is 8.07. The summed E-state index contributed by atoms with van der Waals surface area (Å²) in [6.45, 7) is 9.87. The zero-order chi connectivity index (χ0) is 31.2. The number of benzene rings is 1. The fraction of sp³-hybridized carbons (Fsp3) is 0.577. The van der Waals surface area contributed by atoms with Crippen molar-refractivity contribution in [1.82, 2.24) is 10.4 Å². The first-order valence-corrected chi connectivity index (χ1v) is 14.6. The Kier molecular flexibility index (Phi) is 14.1. The van der Waals surface area contributed by atoms with Crippen molar-refractivity contribution in [2.24, 2.45) is 10.7 Å². The van der Waals surface area contributed by atoms with Gasteiger partial charge in [-0.05, 0) is 72.9 Å². The summed E-state index contributed by atoms with van der Waals surface area (Å²) < 4.78 is 42.4. The van der Waals surface area contributed by atoms with Gasteiger partial charge in [-0.15, -0.1) is 0 Å². The normalized spacial score (nSPS) is 12.6. The van der Waals surface area contributed by atoms with E-state index in [1.165, 1.54) is 0 Å². The van der Waals surface area contributed by atoms with Crippen molar-refractivity contribution in [1.29, 1.82) is 0 Å². The van der Waals surface area contributed by atoms with Gasteiger partial charge in [0.05, 0.1) is 13.2 Å². The zero-order valence-corrected chi connectivity index (χ0v) is 25.2. The largest absolute Gasteiger partial charge is 0.466 e. The second-order valence-corrected chi connectivity index (χ2v) is 11.4. The molecule has 0 saturated carbocycles. The Balaban J connectivity index is 2.98. The highest BCUT2D eigenvalue weighted by Crippen LogP contribution is 2.15. The van der Waals surface area contributed by atoms with Crippen molar-refractivity contribution in [3.05, 3.63) is 29.8 Å². The molecule has 0 radical (unpaired) electrons. The summed E-state index contributed by atoms with van der Waals surface area (Å²) in [5, 5.41) is 0.0918. The van der Waals surface area contributed by atoms with Gasteiger partial charge in [-0.2, -0.15) is 8.42 Å². The van der Waals surface area contributed by atoms with Gasteiger partial charge in [0.1, 0.15) is 12.0 Å². The average Bonchev–Trinajstić information content (AvgIpc) is 2.85. The highest BCUT2D eigenvalue weighted by atomic mass is 32.2. The lowest BCUT2D eigenvalue weighted by molar-refractivity contribution is -0.161. The van der Waals surface area contributed by atoms with Crippen LogP contribution >= 0.6 is 0 Å². The van der Waals surface area contributed by atoms with Gasteiger partial charge in [0.15, 0.2) is 6.04 Å². The number of aryl methyl sites for hydroxylation is 1. The predicted octanol–water partition coefficient (Wildman–Crippen LogP) is 2.37. The maximum atomic E-state index is 13.0. The van der Waals surface area contributed by atoms with Crippen LogP contribution in [0, 0.1) is 6.92 Å². The van der Waals surface area contributed by atoms with E-state index >= 15 is 0 Å². The summed E-state index contributed by atoms with van der Waals surface area (Å²) in [5.41, 5.74) is 8.31. The number of unbranched alkanes of at least 4 members (excludes halogenated alkanes) is 1. The van der Waals surface area contributed by atoms with Crippen LogP contribution in [0.5, 0.6) is 0 Å². The van der Waals surface area contributed by atoms with Gasteiger partial charge in [0.2, 0.25) is 5.17 Å². The van der Waals surface area contributed by atoms with E-state index in [4.69, 9.17) is 19.9 Å². The first kappa shape index (κ1) is 35.1. The predicted molar refractivity (Wildman–Crippen MR) is 152 cm³/mol. The number of amidine groups is 1. The van der Waals surface area contributed by atoms with E-state index in [9.17, 15) is 27.6 Å². The third kappa shape index (κ3) is 13.4. The lowest BCUT2D eigenvalue weighted by Gasteiger charge is -2.31. The molecule has 0 spiro atoms. The Morgan fingerprint density at radius 2 is 1.63 bits per heavy atom. The Bertz CT molecular complexity index is 1180. The smallest absolute Gasteiger partial charge is 0.426 e.